The van der Waals surface area contributed by atoms with Gasteiger partial charge in [-0.2, -0.15) is 0 Å². The zero-order chi connectivity index (χ0) is 10.3. The van der Waals surface area contributed by atoms with Crippen LogP contribution in [0.2, 0.25) is 0 Å². The molecule has 0 atom stereocenters. The Bertz CT molecular complexity index is 421. The highest BCUT2D eigenvalue weighted by atomic mass is 14.8. The maximum absolute atomic E-state index is 4.15. The molecule has 0 saturated carbocycles. The monoisotopic (exact) mass is 196 g/mol. The smallest absolute Gasteiger partial charge is 0.131 e. The summed E-state index contributed by atoms with van der Waals surface area (Å²) in [5.74, 6) is 0.852. The first-order valence-corrected chi connectivity index (χ1v) is 4.92. The van der Waals surface area contributed by atoms with Crippen LogP contribution in [0.1, 0.15) is 11.4 Å². The van der Waals surface area contributed by atoms with Gasteiger partial charge in [-0.15, -0.1) is 0 Å². The summed E-state index contributed by atoms with van der Waals surface area (Å²) in [6.45, 7) is 0. The van der Waals surface area contributed by atoms with Crippen molar-refractivity contribution >= 4 is 6.08 Å². The molecule has 1 heterocycles. The molecule has 0 amide bonds. The summed E-state index contributed by atoms with van der Waals surface area (Å²) < 4.78 is 0. The lowest BCUT2D eigenvalue weighted by atomic mass is 10.2. The van der Waals surface area contributed by atoms with Crippen LogP contribution in [-0.4, -0.2) is 9.97 Å². The molecule has 2 heteroatoms. The summed E-state index contributed by atoms with van der Waals surface area (Å²) in [7, 11) is 0. The molecule has 0 aliphatic carbocycles. The average Bonchev–Trinajstić information content (AvgIpc) is 2.32. The van der Waals surface area contributed by atoms with E-state index < -0.39 is 0 Å². The second-order valence-corrected chi connectivity index (χ2v) is 3.18. The normalized spacial score (nSPS) is 10.7. The molecule has 2 aromatic rings. The molecular formula is C13H12N2. The van der Waals surface area contributed by atoms with Crippen molar-refractivity contribution < 1.29 is 0 Å². The standard InChI is InChI=1S/C13H12N2/c1-2-6-12(7-3-1)8-4-9-13-14-10-5-11-15-13/h1-8,10-11H,9H2. The molecule has 0 bridgehead atoms. The average molecular weight is 196 g/mol. The van der Waals surface area contributed by atoms with Gasteiger partial charge in [-0.05, 0) is 11.6 Å². The van der Waals surface area contributed by atoms with E-state index in [0.29, 0.717) is 0 Å². The third kappa shape index (κ3) is 3.02. The van der Waals surface area contributed by atoms with Crippen LogP contribution in [0.25, 0.3) is 6.08 Å². The first-order valence-electron chi connectivity index (χ1n) is 4.92. The van der Waals surface area contributed by atoms with Gasteiger partial charge in [-0.1, -0.05) is 42.5 Å². The minimum atomic E-state index is 0.774. The molecule has 0 aliphatic rings. The van der Waals surface area contributed by atoms with Gasteiger partial charge >= 0.3 is 0 Å². The molecule has 0 saturated heterocycles. The van der Waals surface area contributed by atoms with Crippen LogP contribution < -0.4 is 0 Å². The quantitative estimate of drug-likeness (QED) is 0.754. The van der Waals surface area contributed by atoms with Crippen molar-refractivity contribution in [2.45, 2.75) is 6.42 Å². The number of nitrogens with zero attached hydrogens (tertiary/aromatic N) is 2. The fourth-order valence-electron chi connectivity index (χ4n) is 1.30. The first-order chi connectivity index (χ1) is 7.45. The summed E-state index contributed by atoms with van der Waals surface area (Å²) in [4.78, 5) is 8.30. The summed E-state index contributed by atoms with van der Waals surface area (Å²) >= 11 is 0. The van der Waals surface area contributed by atoms with Crippen molar-refractivity contribution in [2.75, 3.05) is 0 Å². The largest absolute Gasteiger partial charge is 0.241 e. The van der Waals surface area contributed by atoms with Gasteiger partial charge in [-0.3, -0.25) is 0 Å². The van der Waals surface area contributed by atoms with Crippen molar-refractivity contribution in [1.29, 1.82) is 0 Å². The Morgan fingerprint density at radius 3 is 2.40 bits per heavy atom. The Morgan fingerprint density at radius 2 is 1.67 bits per heavy atom. The van der Waals surface area contributed by atoms with Crippen molar-refractivity contribution in [1.82, 2.24) is 9.97 Å². The summed E-state index contributed by atoms with van der Waals surface area (Å²) in [6.07, 6.45) is 8.45. The maximum atomic E-state index is 4.15. The van der Waals surface area contributed by atoms with Gasteiger partial charge < -0.3 is 0 Å². The first kappa shape index (κ1) is 9.59. The molecule has 0 fully saturated rings. The molecule has 15 heavy (non-hydrogen) atoms. The van der Waals surface area contributed by atoms with Crippen molar-refractivity contribution in [3.8, 4) is 0 Å². The minimum Gasteiger partial charge on any atom is -0.241 e. The van der Waals surface area contributed by atoms with Gasteiger partial charge in [-0.25, -0.2) is 9.97 Å². The fourth-order valence-corrected chi connectivity index (χ4v) is 1.30. The molecule has 1 aromatic carbocycles. The highest BCUT2D eigenvalue weighted by molar-refractivity contribution is 5.48. The summed E-state index contributed by atoms with van der Waals surface area (Å²) in [5.41, 5.74) is 1.20. The Hall–Kier alpha value is -1.96. The van der Waals surface area contributed by atoms with E-state index in [9.17, 15) is 0 Å². The molecular weight excluding hydrogens is 184 g/mol. The molecule has 0 unspecified atom stereocenters. The maximum Gasteiger partial charge on any atom is 0.131 e. The van der Waals surface area contributed by atoms with Crippen molar-refractivity contribution in [3.05, 3.63) is 66.3 Å². The Labute approximate surface area is 89.3 Å². The molecule has 2 nitrogen and oxygen atoms in total. The molecule has 1 aromatic heterocycles. The number of rotatable bonds is 3. The Balaban J connectivity index is 1.97. The fraction of sp³-hybridized carbons (Fsp3) is 0.0769. The molecule has 74 valence electrons. The lowest BCUT2D eigenvalue weighted by molar-refractivity contribution is 0.991. The minimum absolute atomic E-state index is 0.774. The lowest BCUT2D eigenvalue weighted by Gasteiger charge is -1.93. The van der Waals surface area contributed by atoms with Crippen LogP contribution in [0.15, 0.2) is 54.9 Å². The second-order valence-electron chi connectivity index (χ2n) is 3.18. The van der Waals surface area contributed by atoms with Gasteiger partial charge in [0.2, 0.25) is 0 Å². The predicted molar refractivity (Wildman–Crippen MR) is 61.2 cm³/mol. The zero-order valence-electron chi connectivity index (χ0n) is 8.38. The van der Waals surface area contributed by atoms with Gasteiger partial charge in [0.15, 0.2) is 0 Å². The summed E-state index contributed by atoms with van der Waals surface area (Å²) in [5, 5.41) is 0. The zero-order valence-corrected chi connectivity index (χ0v) is 8.38. The van der Waals surface area contributed by atoms with Crippen molar-refractivity contribution in [3.63, 3.8) is 0 Å². The van der Waals surface area contributed by atoms with E-state index in [1.165, 1.54) is 5.56 Å². The molecule has 0 aliphatic heterocycles. The Morgan fingerprint density at radius 1 is 0.933 bits per heavy atom. The predicted octanol–water partition coefficient (Wildman–Crippen LogP) is 2.73. The number of hydrogen-bond donors (Lipinski definition) is 0. The van der Waals surface area contributed by atoms with Gasteiger partial charge in [0.1, 0.15) is 5.82 Å². The van der Waals surface area contributed by atoms with Gasteiger partial charge in [0, 0.05) is 18.8 Å². The van der Waals surface area contributed by atoms with Crippen LogP contribution in [0.5, 0.6) is 0 Å². The van der Waals surface area contributed by atoms with E-state index in [0.717, 1.165) is 12.2 Å². The number of benzene rings is 1. The molecule has 0 radical (unpaired) electrons. The number of hydrogen-bond acceptors (Lipinski definition) is 2. The molecule has 0 N–H and O–H groups in total. The molecule has 0 spiro atoms. The van der Waals surface area contributed by atoms with E-state index in [-0.39, 0.29) is 0 Å². The second kappa shape index (κ2) is 5.05. The van der Waals surface area contributed by atoms with Crippen LogP contribution in [0.3, 0.4) is 0 Å². The van der Waals surface area contributed by atoms with Crippen LogP contribution in [-0.2, 0) is 6.42 Å². The third-order valence-electron chi connectivity index (χ3n) is 2.03. The van der Waals surface area contributed by atoms with Crippen LogP contribution >= 0.6 is 0 Å². The third-order valence-corrected chi connectivity index (χ3v) is 2.03. The lowest BCUT2D eigenvalue weighted by Crippen LogP contribution is -1.89. The van der Waals surface area contributed by atoms with E-state index in [1.54, 1.807) is 12.4 Å². The van der Waals surface area contributed by atoms with E-state index >= 15 is 0 Å². The topological polar surface area (TPSA) is 25.8 Å². The van der Waals surface area contributed by atoms with Crippen molar-refractivity contribution in [2.24, 2.45) is 0 Å². The molecule has 2 rings (SSSR count). The van der Waals surface area contributed by atoms with E-state index in [1.807, 2.05) is 24.3 Å². The van der Waals surface area contributed by atoms with E-state index in [4.69, 9.17) is 0 Å². The highest BCUT2D eigenvalue weighted by Crippen LogP contribution is 2.02. The highest BCUT2D eigenvalue weighted by Gasteiger charge is 1.89. The van der Waals surface area contributed by atoms with E-state index in [2.05, 4.69) is 34.3 Å². The van der Waals surface area contributed by atoms with Gasteiger partial charge in [0.05, 0.1) is 0 Å². The van der Waals surface area contributed by atoms with Crippen LogP contribution in [0.4, 0.5) is 0 Å². The summed E-state index contributed by atoms with van der Waals surface area (Å²) in [6, 6.07) is 12.0. The van der Waals surface area contributed by atoms with Crippen LogP contribution in [0, 0.1) is 0 Å². The Kier molecular flexibility index (Phi) is 3.23. The number of allylic oxidation sites excluding steroid dienone is 1. The van der Waals surface area contributed by atoms with Gasteiger partial charge in [0.25, 0.3) is 0 Å². The SMILES string of the molecule is C(=Cc1ccccc1)Cc1ncccn1. The number of aromatic nitrogens is 2.